The van der Waals surface area contributed by atoms with Crippen molar-refractivity contribution in [1.29, 1.82) is 0 Å². The lowest BCUT2D eigenvalue weighted by molar-refractivity contribution is 0.0316. The Hall–Kier alpha value is -3.72. The smallest absolute Gasteiger partial charge is 0.342 e. The minimum atomic E-state index is -0.671. The first-order valence-electron chi connectivity index (χ1n) is 9.51. The molecular formula is C22H24N2O7. The van der Waals surface area contributed by atoms with Crippen LogP contribution in [-0.2, 0) is 14.2 Å². The summed E-state index contributed by atoms with van der Waals surface area (Å²) in [6, 6.07) is 8.67. The number of ether oxygens (including phenoxy) is 3. The monoisotopic (exact) mass is 428 g/mol. The number of nitrogens with zero attached hydrogens (tertiary/aromatic N) is 2. The third-order valence-electron chi connectivity index (χ3n) is 3.96. The fraction of sp³-hybridized carbons (Fsp3) is 0.273. The van der Waals surface area contributed by atoms with Crippen LogP contribution in [0.3, 0.4) is 0 Å². The van der Waals surface area contributed by atoms with E-state index < -0.39 is 11.9 Å². The minimum Gasteiger partial charge on any atom is -0.507 e. The number of carbonyl (C=O) groups excluding carboxylic acids is 2. The molecule has 0 fully saturated rings. The van der Waals surface area contributed by atoms with Crippen molar-refractivity contribution in [2.24, 2.45) is 10.2 Å². The summed E-state index contributed by atoms with van der Waals surface area (Å²) in [6.07, 6.45) is 3.64. The second-order valence-electron chi connectivity index (χ2n) is 6.28. The van der Waals surface area contributed by atoms with Crippen LogP contribution in [0.25, 0.3) is 0 Å². The number of phenols is 2. The highest BCUT2D eigenvalue weighted by Gasteiger charge is 2.13. The van der Waals surface area contributed by atoms with Crippen molar-refractivity contribution in [3.63, 3.8) is 0 Å². The highest BCUT2D eigenvalue weighted by Crippen LogP contribution is 2.20. The van der Waals surface area contributed by atoms with Gasteiger partial charge in [-0.05, 0) is 53.9 Å². The van der Waals surface area contributed by atoms with E-state index in [1.807, 2.05) is 6.92 Å². The summed E-state index contributed by atoms with van der Waals surface area (Å²) in [7, 11) is 1.22. The average molecular weight is 428 g/mol. The molecule has 0 saturated heterocycles. The molecule has 0 amide bonds. The third-order valence-corrected chi connectivity index (χ3v) is 3.96. The van der Waals surface area contributed by atoms with Crippen molar-refractivity contribution in [3.05, 3.63) is 58.7 Å². The molecule has 0 aromatic heterocycles. The predicted octanol–water partition coefficient (Wildman–Crippen LogP) is 2.92. The molecule has 0 spiro atoms. The van der Waals surface area contributed by atoms with Gasteiger partial charge in [-0.25, -0.2) is 9.59 Å². The van der Waals surface area contributed by atoms with Crippen molar-refractivity contribution in [2.75, 3.05) is 26.9 Å². The molecule has 2 aromatic carbocycles. The summed E-state index contributed by atoms with van der Waals surface area (Å²) in [6.45, 7) is 2.93. The molecule has 2 N–H and O–H groups in total. The standard InChI is InChI=1S/C22H24N2O7/c1-3-8-30-9-10-31-22(28)18-12-16(5-7-20(18)26)14-24-23-13-15-4-6-19(25)17(11-15)21(27)29-2/h4-7,11-14,25-26H,3,8-10H2,1-2H3/b23-13+,24-14+. The van der Waals surface area contributed by atoms with E-state index >= 15 is 0 Å². The fourth-order valence-corrected chi connectivity index (χ4v) is 2.42. The molecule has 9 heteroatoms. The molecule has 2 rings (SSSR count). The molecular weight excluding hydrogens is 404 g/mol. The number of phenolic OH excluding ortho intramolecular Hbond substituents is 2. The van der Waals surface area contributed by atoms with Crippen LogP contribution in [-0.4, -0.2) is 61.5 Å². The highest BCUT2D eigenvalue weighted by molar-refractivity contribution is 5.96. The summed E-state index contributed by atoms with van der Waals surface area (Å²) in [5.74, 6) is -1.75. The lowest BCUT2D eigenvalue weighted by atomic mass is 10.1. The first-order chi connectivity index (χ1) is 15.0. The van der Waals surface area contributed by atoms with E-state index in [-0.39, 0.29) is 35.8 Å². The summed E-state index contributed by atoms with van der Waals surface area (Å²) in [4.78, 5) is 23.7. The van der Waals surface area contributed by atoms with Crippen LogP contribution < -0.4 is 0 Å². The SMILES string of the molecule is CCCOCCOC(=O)c1cc(/C=N/N=C/c2ccc(O)c(C(=O)OC)c2)ccc1O. The zero-order valence-electron chi connectivity index (χ0n) is 17.3. The highest BCUT2D eigenvalue weighted by atomic mass is 16.6. The maximum Gasteiger partial charge on any atom is 0.342 e. The molecule has 0 radical (unpaired) electrons. The van der Waals surface area contributed by atoms with E-state index in [1.54, 1.807) is 12.1 Å². The summed E-state index contributed by atoms with van der Waals surface area (Å²) < 4.78 is 14.9. The van der Waals surface area contributed by atoms with Crippen LogP contribution in [0.15, 0.2) is 46.6 Å². The fourth-order valence-electron chi connectivity index (χ4n) is 2.42. The van der Waals surface area contributed by atoms with Crippen molar-refractivity contribution < 1.29 is 34.0 Å². The maximum absolute atomic E-state index is 12.1. The van der Waals surface area contributed by atoms with Crippen LogP contribution in [0.1, 0.15) is 45.2 Å². The molecule has 0 heterocycles. The summed E-state index contributed by atoms with van der Waals surface area (Å²) in [5.41, 5.74) is 1.06. The van der Waals surface area contributed by atoms with E-state index in [0.717, 1.165) is 6.42 Å². The topological polar surface area (TPSA) is 127 Å². The zero-order chi connectivity index (χ0) is 22.6. The van der Waals surface area contributed by atoms with Gasteiger partial charge in [0.2, 0.25) is 0 Å². The Morgan fingerprint density at radius 1 is 0.871 bits per heavy atom. The van der Waals surface area contributed by atoms with Crippen molar-refractivity contribution >= 4 is 24.4 Å². The summed E-state index contributed by atoms with van der Waals surface area (Å²) in [5, 5.41) is 27.4. The second kappa shape index (κ2) is 12.1. The maximum atomic E-state index is 12.1. The van der Waals surface area contributed by atoms with Gasteiger partial charge in [0, 0.05) is 6.61 Å². The normalized spacial score (nSPS) is 11.2. The van der Waals surface area contributed by atoms with Crippen LogP contribution in [0.4, 0.5) is 0 Å². The van der Waals surface area contributed by atoms with Crippen LogP contribution in [0, 0.1) is 0 Å². The van der Waals surface area contributed by atoms with Gasteiger partial charge in [0.15, 0.2) is 0 Å². The molecule has 0 aliphatic rings. The van der Waals surface area contributed by atoms with Crippen LogP contribution in [0.5, 0.6) is 11.5 Å². The van der Waals surface area contributed by atoms with E-state index in [0.29, 0.717) is 17.7 Å². The van der Waals surface area contributed by atoms with Gasteiger partial charge in [0.25, 0.3) is 0 Å². The van der Waals surface area contributed by atoms with E-state index in [2.05, 4.69) is 14.9 Å². The van der Waals surface area contributed by atoms with Crippen molar-refractivity contribution in [1.82, 2.24) is 0 Å². The molecule has 0 unspecified atom stereocenters. The van der Waals surface area contributed by atoms with Crippen LogP contribution >= 0.6 is 0 Å². The van der Waals surface area contributed by atoms with Gasteiger partial charge in [-0.15, -0.1) is 0 Å². The number of esters is 2. The van der Waals surface area contributed by atoms with E-state index in [4.69, 9.17) is 9.47 Å². The lowest BCUT2D eigenvalue weighted by Gasteiger charge is -2.07. The largest absolute Gasteiger partial charge is 0.507 e. The Morgan fingerprint density at radius 2 is 1.42 bits per heavy atom. The van der Waals surface area contributed by atoms with Gasteiger partial charge < -0.3 is 24.4 Å². The van der Waals surface area contributed by atoms with E-state index in [9.17, 15) is 19.8 Å². The molecule has 9 nitrogen and oxygen atoms in total. The first kappa shape index (κ1) is 23.6. The van der Waals surface area contributed by atoms with Gasteiger partial charge in [-0.1, -0.05) is 6.92 Å². The van der Waals surface area contributed by atoms with Crippen molar-refractivity contribution in [2.45, 2.75) is 13.3 Å². The molecule has 0 bridgehead atoms. The lowest BCUT2D eigenvalue weighted by Crippen LogP contribution is -2.11. The molecule has 164 valence electrons. The molecule has 0 aliphatic carbocycles. The van der Waals surface area contributed by atoms with Gasteiger partial charge in [-0.2, -0.15) is 10.2 Å². The number of hydrogen-bond acceptors (Lipinski definition) is 9. The van der Waals surface area contributed by atoms with Crippen LogP contribution in [0.2, 0.25) is 0 Å². The van der Waals surface area contributed by atoms with Gasteiger partial charge in [0.1, 0.15) is 29.2 Å². The molecule has 0 saturated carbocycles. The minimum absolute atomic E-state index is 0.00433. The average Bonchev–Trinajstić information content (AvgIpc) is 2.77. The first-order valence-corrected chi connectivity index (χ1v) is 9.51. The summed E-state index contributed by atoms with van der Waals surface area (Å²) >= 11 is 0. The predicted molar refractivity (Wildman–Crippen MR) is 114 cm³/mol. The Labute approximate surface area is 179 Å². The molecule has 2 aromatic rings. The number of rotatable bonds is 10. The number of hydrogen-bond donors (Lipinski definition) is 2. The molecule has 0 atom stereocenters. The second-order valence-corrected chi connectivity index (χ2v) is 6.28. The molecule has 0 aliphatic heterocycles. The van der Waals surface area contributed by atoms with Crippen molar-refractivity contribution in [3.8, 4) is 11.5 Å². The van der Waals surface area contributed by atoms with Gasteiger partial charge in [-0.3, -0.25) is 0 Å². The number of methoxy groups -OCH3 is 1. The molecule has 31 heavy (non-hydrogen) atoms. The Morgan fingerprint density at radius 3 is 1.94 bits per heavy atom. The Kier molecular flexibility index (Phi) is 9.18. The third kappa shape index (κ3) is 7.23. The Balaban J connectivity index is 2.02. The van der Waals surface area contributed by atoms with E-state index in [1.165, 1.54) is 43.8 Å². The zero-order valence-corrected chi connectivity index (χ0v) is 17.3. The van der Waals surface area contributed by atoms with Gasteiger partial charge in [0.05, 0.1) is 26.1 Å². The quantitative estimate of drug-likeness (QED) is 0.258. The number of aromatic hydroxyl groups is 2. The number of carbonyl (C=O) groups is 2. The Bertz CT molecular complexity index is 970. The number of benzene rings is 2. The van der Waals surface area contributed by atoms with Gasteiger partial charge >= 0.3 is 11.9 Å².